The average molecular weight is 246 g/mol. The van der Waals surface area contributed by atoms with Crippen molar-refractivity contribution in [3.63, 3.8) is 0 Å². The van der Waals surface area contributed by atoms with E-state index in [4.69, 9.17) is 0 Å². The van der Waals surface area contributed by atoms with Gasteiger partial charge in [-0.25, -0.2) is 9.37 Å². The molecule has 0 spiro atoms. The van der Waals surface area contributed by atoms with Gasteiger partial charge in [-0.2, -0.15) is 0 Å². The highest BCUT2D eigenvalue weighted by Gasteiger charge is 2.14. The molecule has 1 heterocycles. The second kappa shape index (κ2) is 4.72. The SMILES string of the molecule is CCc1nccn1-c1cc(C)c(F)cc1C(C)=O. The molecule has 0 bridgehead atoms. The lowest BCUT2D eigenvalue weighted by molar-refractivity contribution is 0.101. The first-order valence-corrected chi connectivity index (χ1v) is 5.88. The van der Waals surface area contributed by atoms with E-state index < -0.39 is 0 Å². The number of nitrogens with zero attached hydrogens (tertiary/aromatic N) is 2. The van der Waals surface area contributed by atoms with Crippen LogP contribution in [0.5, 0.6) is 0 Å². The Morgan fingerprint density at radius 1 is 1.44 bits per heavy atom. The van der Waals surface area contributed by atoms with Crippen molar-refractivity contribution in [2.24, 2.45) is 0 Å². The van der Waals surface area contributed by atoms with Crippen LogP contribution in [0.25, 0.3) is 5.69 Å². The molecule has 2 rings (SSSR count). The molecule has 0 N–H and O–H groups in total. The van der Waals surface area contributed by atoms with E-state index >= 15 is 0 Å². The summed E-state index contributed by atoms with van der Waals surface area (Å²) in [6.07, 6.45) is 4.22. The third-order valence-electron chi connectivity index (χ3n) is 2.95. The number of carbonyl (C=O) groups is 1. The standard InChI is InChI=1S/C14H15FN2O/c1-4-14-16-5-6-17(14)13-7-9(2)12(15)8-11(13)10(3)18/h5-8H,4H2,1-3H3. The summed E-state index contributed by atoms with van der Waals surface area (Å²) in [6, 6.07) is 2.99. The molecular weight excluding hydrogens is 231 g/mol. The number of hydrogen-bond acceptors (Lipinski definition) is 2. The number of aromatic nitrogens is 2. The topological polar surface area (TPSA) is 34.9 Å². The number of rotatable bonds is 3. The number of imidazole rings is 1. The third kappa shape index (κ3) is 2.06. The molecule has 0 atom stereocenters. The van der Waals surface area contributed by atoms with Crippen molar-refractivity contribution in [1.29, 1.82) is 0 Å². The van der Waals surface area contributed by atoms with Crippen molar-refractivity contribution >= 4 is 5.78 Å². The summed E-state index contributed by atoms with van der Waals surface area (Å²) in [4.78, 5) is 15.8. The van der Waals surface area contributed by atoms with Crippen LogP contribution < -0.4 is 0 Å². The molecule has 0 unspecified atom stereocenters. The molecule has 94 valence electrons. The maximum atomic E-state index is 13.6. The number of Topliss-reactive ketones (excluding diaryl/α,β-unsaturated/α-hetero) is 1. The molecule has 4 heteroatoms. The number of hydrogen-bond donors (Lipinski definition) is 0. The van der Waals surface area contributed by atoms with Crippen LogP contribution in [0.1, 0.15) is 35.6 Å². The number of ketones is 1. The monoisotopic (exact) mass is 246 g/mol. The zero-order chi connectivity index (χ0) is 13.3. The Labute approximate surface area is 105 Å². The quantitative estimate of drug-likeness (QED) is 0.780. The van der Waals surface area contributed by atoms with Crippen molar-refractivity contribution in [3.05, 3.63) is 47.3 Å². The van der Waals surface area contributed by atoms with Gasteiger partial charge in [0.15, 0.2) is 5.78 Å². The second-order valence-electron chi connectivity index (χ2n) is 4.24. The number of aryl methyl sites for hydroxylation is 2. The normalized spacial score (nSPS) is 10.7. The van der Waals surface area contributed by atoms with Crippen molar-refractivity contribution in [3.8, 4) is 5.69 Å². The number of halogens is 1. The molecule has 0 fully saturated rings. The van der Waals surface area contributed by atoms with Gasteiger partial charge < -0.3 is 4.57 Å². The van der Waals surface area contributed by atoms with E-state index in [0.29, 0.717) is 16.8 Å². The van der Waals surface area contributed by atoms with Crippen LogP contribution in [-0.2, 0) is 6.42 Å². The largest absolute Gasteiger partial charge is 0.303 e. The van der Waals surface area contributed by atoms with Gasteiger partial charge in [0, 0.05) is 24.4 Å². The Morgan fingerprint density at radius 2 is 2.17 bits per heavy atom. The number of carbonyl (C=O) groups excluding carboxylic acids is 1. The minimum atomic E-state index is -0.359. The lowest BCUT2D eigenvalue weighted by Crippen LogP contribution is -2.07. The first-order chi connectivity index (χ1) is 8.54. The molecule has 0 amide bonds. The van der Waals surface area contributed by atoms with E-state index in [0.717, 1.165) is 12.2 Å². The fourth-order valence-corrected chi connectivity index (χ4v) is 1.96. The van der Waals surface area contributed by atoms with Crippen molar-refractivity contribution < 1.29 is 9.18 Å². The summed E-state index contributed by atoms with van der Waals surface area (Å²) in [5.74, 6) is 0.338. The Bertz CT molecular complexity index is 602. The Hall–Kier alpha value is -1.97. The van der Waals surface area contributed by atoms with Crippen LogP contribution in [-0.4, -0.2) is 15.3 Å². The van der Waals surface area contributed by atoms with E-state index in [1.807, 2.05) is 11.5 Å². The van der Waals surface area contributed by atoms with E-state index in [2.05, 4.69) is 4.98 Å². The smallest absolute Gasteiger partial charge is 0.162 e. The molecule has 1 aromatic carbocycles. The lowest BCUT2D eigenvalue weighted by atomic mass is 10.1. The predicted octanol–water partition coefficient (Wildman–Crippen LogP) is 3.08. The van der Waals surface area contributed by atoms with E-state index in [1.165, 1.54) is 13.0 Å². The van der Waals surface area contributed by atoms with Gasteiger partial charge in [0.05, 0.1) is 5.69 Å². The first-order valence-electron chi connectivity index (χ1n) is 5.88. The summed E-state index contributed by atoms with van der Waals surface area (Å²) >= 11 is 0. The van der Waals surface area contributed by atoms with Crippen molar-refractivity contribution in [1.82, 2.24) is 9.55 Å². The highest BCUT2D eigenvalue weighted by Crippen LogP contribution is 2.21. The molecule has 0 saturated heterocycles. The molecule has 0 aliphatic carbocycles. The Kier molecular flexibility index (Phi) is 3.28. The average Bonchev–Trinajstić information content (AvgIpc) is 2.79. The van der Waals surface area contributed by atoms with Gasteiger partial charge >= 0.3 is 0 Å². The van der Waals surface area contributed by atoms with Crippen LogP contribution in [0.3, 0.4) is 0 Å². The molecule has 3 nitrogen and oxygen atoms in total. The summed E-state index contributed by atoms with van der Waals surface area (Å²) < 4.78 is 15.4. The van der Waals surface area contributed by atoms with Gasteiger partial charge in [-0.1, -0.05) is 6.92 Å². The van der Waals surface area contributed by atoms with Crippen LogP contribution in [0.4, 0.5) is 4.39 Å². The van der Waals surface area contributed by atoms with Crippen molar-refractivity contribution in [2.75, 3.05) is 0 Å². The third-order valence-corrected chi connectivity index (χ3v) is 2.95. The Balaban J connectivity index is 2.70. The zero-order valence-corrected chi connectivity index (χ0v) is 10.7. The first kappa shape index (κ1) is 12.5. The van der Waals surface area contributed by atoms with Gasteiger partial charge in [0.1, 0.15) is 11.6 Å². The number of benzene rings is 1. The van der Waals surface area contributed by atoms with Crippen LogP contribution >= 0.6 is 0 Å². The van der Waals surface area contributed by atoms with Gasteiger partial charge in [0.25, 0.3) is 0 Å². The minimum Gasteiger partial charge on any atom is -0.303 e. The molecule has 1 aromatic heterocycles. The molecule has 0 saturated carbocycles. The van der Waals surface area contributed by atoms with Gasteiger partial charge in [-0.3, -0.25) is 4.79 Å². The maximum absolute atomic E-state index is 13.6. The van der Waals surface area contributed by atoms with Gasteiger partial charge in [0.2, 0.25) is 0 Å². The van der Waals surface area contributed by atoms with Gasteiger partial charge in [-0.05, 0) is 31.5 Å². The van der Waals surface area contributed by atoms with E-state index in [-0.39, 0.29) is 11.6 Å². The lowest BCUT2D eigenvalue weighted by Gasteiger charge is -2.12. The highest BCUT2D eigenvalue weighted by molar-refractivity contribution is 5.97. The molecule has 0 aliphatic heterocycles. The molecule has 0 radical (unpaired) electrons. The highest BCUT2D eigenvalue weighted by atomic mass is 19.1. The van der Waals surface area contributed by atoms with Gasteiger partial charge in [-0.15, -0.1) is 0 Å². The zero-order valence-electron chi connectivity index (χ0n) is 10.7. The fourth-order valence-electron chi connectivity index (χ4n) is 1.96. The summed E-state index contributed by atoms with van der Waals surface area (Å²) in [5, 5.41) is 0. The molecule has 18 heavy (non-hydrogen) atoms. The van der Waals surface area contributed by atoms with Crippen molar-refractivity contribution in [2.45, 2.75) is 27.2 Å². The molecule has 0 aliphatic rings. The summed E-state index contributed by atoms with van der Waals surface area (Å²) in [6.45, 7) is 5.12. The maximum Gasteiger partial charge on any atom is 0.162 e. The molecular formula is C14H15FN2O. The summed E-state index contributed by atoms with van der Waals surface area (Å²) in [5.41, 5.74) is 1.59. The van der Waals surface area contributed by atoms with Crippen LogP contribution in [0.15, 0.2) is 24.5 Å². The predicted molar refractivity (Wildman–Crippen MR) is 67.6 cm³/mol. The van der Waals surface area contributed by atoms with E-state index in [9.17, 15) is 9.18 Å². The fraction of sp³-hybridized carbons (Fsp3) is 0.286. The van der Waals surface area contributed by atoms with E-state index in [1.54, 1.807) is 25.4 Å². The van der Waals surface area contributed by atoms with Crippen LogP contribution in [0.2, 0.25) is 0 Å². The minimum absolute atomic E-state index is 0.153. The summed E-state index contributed by atoms with van der Waals surface area (Å²) in [7, 11) is 0. The second-order valence-corrected chi connectivity index (χ2v) is 4.24. The molecule has 2 aromatic rings. The Morgan fingerprint density at radius 3 is 2.78 bits per heavy atom. The van der Waals surface area contributed by atoms with Crippen LogP contribution in [0, 0.1) is 12.7 Å².